The van der Waals surface area contributed by atoms with Gasteiger partial charge in [-0.2, -0.15) is 0 Å². The van der Waals surface area contributed by atoms with Crippen molar-refractivity contribution in [2.45, 2.75) is 90.4 Å². The molecule has 1 aliphatic rings. The van der Waals surface area contributed by atoms with Gasteiger partial charge >= 0.3 is 0 Å². The molecule has 0 radical (unpaired) electrons. The molecule has 0 aliphatic heterocycles. The third kappa shape index (κ3) is 5.99. The van der Waals surface area contributed by atoms with E-state index in [-0.39, 0.29) is 11.6 Å². The number of aromatic nitrogens is 5. The van der Waals surface area contributed by atoms with E-state index in [0.717, 1.165) is 66.5 Å². The molecule has 37 heavy (non-hydrogen) atoms. The van der Waals surface area contributed by atoms with E-state index in [2.05, 4.69) is 74.8 Å². The number of hydrogen-bond acceptors (Lipinski definition) is 5. The lowest BCUT2D eigenvalue weighted by atomic mass is 9.91. The Bertz CT molecular complexity index is 1360. The number of hydrogen-bond donors (Lipinski definition) is 1. The molecule has 1 N–H and O–H groups in total. The predicted octanol–water partition coefficient (Wildman–Crippen LogP) is 5.74. The number of aromatic amines is 1. The zero-order valence-corrected chi connectivity index (χ0v) is 22.1. The van der Waals surface area contributed by atoms with Gasteiger partial charge in [-0.15, -0.1) is 5.10 Å². The van der Waals surface area contributed by atoms with E-state index in [1.165, 1.54) is 24.8 Å². The normalized spacial score (nSPS) is 15.4. The molecule has 7 heteroatoms. The Morgan fingerprint density at radius 3 is 2.68 bits per heavy atom. The van der Waals surface area contributed by atoms with Crippen molar-refractivity contribution in [3.05, 3.63) is 87.5 Å². The first-order valence-corrected chi connectivity index (χ1v) is 13.8. The lowest BCUT2D eigenvalue weighted by Gasteiger charge is -2.39. The second kappa shape index (κ2) is 11.8. The van der Waals surface area contributed by atoms with Gasteiger partial charge < -0.3 is 4.98 Å². The second-order valence-corrected chi connectivity index (χ2v) is 10.5. The highest BCUT2D eigenvalue weighted by Gasteiger charge is 2.32. The summed E-state index contributed by atoms with van der Waals surface area (Å²) in [7, 11) is 0. The Labute approximate surface area is 218 Å². The van der Waals surface area contributed by atoms with Crippen molar-refractivity contribution in [1.29, 1.82) is 0 Å². The molecule has 1 unspecified atom stereocenters. The quantitative estimate of drug-likeness (QED) is 0.301. The fourth-order valence-electron chi connectivity index (χ4n) is 5.79. The van der Waals surface area contributed by atoms with E-state index in [0.29, 0.717) is 12.6 Å². The topological polar surface area (TPSA) is 79.7 Å². The third-order valence-corrected chi connectivity index (χ3v) is 7.75. The summed E-state index contributed by atoms with van der Waals surface area (Å²) in [5.41, 5.74) is 4.13. The standard InChI is InChI=1S/C30H38N6O/c1-3-10-28(29-32-33-34-36(29)18-17-23-11-6-4-7-12-23)35(26-13-8-5-9-14-26)21-25-20-24-16-15-22(2)19-27(24)31-30(25)37/h4,6-7,11-12,15-16,19-20,26,28H,3,5,8-10,13-14,17-18,21H2,1-2H3,(H,31,37). The molecular formula is C30H38N6O. The Morgan fingerprint density at radius 2 is 1.89 bits per heavy atom. The van der Waals surface area contributed by atoms with Crippen LogP contribution >= 0.6 is 0 Å². The maximum atomic E-state index is 13.2. The molecule has 7 nitrogen and oxygen atoms in total. The molecule has 0 amide bonds. The highest BCUT2D eigenvalue weighted by atomic mass is 16.1. The number of fused-ring (bicyclic) bond motifs is 1. The molecule has 2 aromatic heterocycles. The summed E-state index contributed by atoms with van der Waals surface area (Å²) in [5, 5.41) is 14.1. The molecule has 194 valence electrons. The molecule has 1 atom stereocenters. The Kier molecular flexibility index (Phi) is 8.09. The van der Waals surface area contributed by atoms with Crippen LogP contribution in [-0.2, 0) is 19.5 Å². The highest BCUT2D eigenvalue weighted by molar-refractivity contribution is 5.79. The number of benzene rings is 2. The largest absolute Gasteiger partial charge is 0.322 e. The van der Waals surface area contributed by atoms with Crippen LogP contribution in [0.2, 0.25) is 0 Å². The summed E-state index contributed by atoms with van der Waals surface area (Å²) >= 11 is 0. The van der Waals surface area contributed by atoms with Gasteiger partial charge in [0.15, 0.2) is 5.82 Å². The van der Waals surface area contributed by atoms with Crippen LogP contribution in [0.3, 0.4) is 0 Å². The smallest absolute Gasteiger partial charge is 0.252 e. The van der Waals surface area contributed by atoms with Crippen LogP contribution in [0.1, 0.15) is 80.4 Å². The first-order valence-electron chi connectivity index (χ1n) is 13.8. The number of pyridine rings is 1. The second-order valence-electron chi connectivity index (χ2n) is 10.5. The molecule has 1 saturated carbocycles. The first-order chi connectivity index (χ1) is 18.1. The van der Waals surface area contributed by atoms with E-state index in [4.69, 9.17) is 0 Å². The van der Waals surface area contributed by atoms with Gasteiger partial charge in [0.2, 0.25) is 0 Å². The number of rotatable bonds is 10. The lowest BCUT2D eigenvalue weighted by Crippen LogP contribution is -2.41. The van der Waals surface area contributed by atoms with Crippen molar-refractivity contribution in [3.63, 3.8) is 0 Å². The molecule has 1 aliphatic carbocycles. The maximum Gasteiger partial charge on any atom is 0.252 e. The van der Waals surface area contributed by atoms with Gasteiger partial charge in [-0.1, -0.05) is 75.1 Å². The minimum absolute atomic E-state index is 0.00201. The minimum atomic E-state index is -0.00201. The van der Waals surface area contributed by atoms with Crippen molar-refractivity contribution >= 4 is 10.9 Å². The van der Waals surface area contributed by atoms with Gasteiger partial charge in [-0.3, -0.25) is 9.69 Å². The Balaban J connectivity index is 1.48. The zero-order valence-electron chi connectivity index (χ0n) is 22.1. The lowest BCUT2D eigenvalue weighted by molar-refractivity contribution is 0.0809. The average molecular weight is 499 g/mol. The zero-order chi connectivity index (χ0) is 25.6. The Hall–Kier alpha value is -3.32. The molecule has 4 aromatic rings. The summed E-state index contributed by atoms with van der Waals surface area (Å²) in [5.74, 6) is 0.913. The summed E-state index contributed by atoms with van der Waals surface area (Å²) in [4.78, 5) is 18.9. The van der Waals surface area contributed by atoms with Gasteiger partial charge in [0, 0.05) is 30.2 Å². The fraction of sp³-hybridized carbons (Fsp3) is 0.467. The van der Waals surface area contributed by atoms with Crippen LogP contribution in [-0.4, -0.2) is 36.1 Å². The predicted molar refractivity (Wildman–Crippen MR) is 147 cm³/mol. The fourth-order valence-corrected chi connectivity index (χ4v) is 5.79. The molecule has 5 rings (SSSR count). The number of nitrogens with zero attached hydrogens (tertiary/aromatic N) is 5. The highest BCUT2D eigenvalue weighted by Crippen LogP contribution is 2.33. The molecule has 0 saturated heterocycles. The molecule has 2 heterocycles. The molecule has 1 fully saturated rings. The number of nitrogens with one attached hydrogen (secondary N) is 1. The van der Waals surface area contributed by atoms with Gasteiger partial charge in [0.05, 0.1) is 6.04 Å². The van der Waals surface area contributed by atoms with Crippen molar-refractivity contribution in [2.75, 3.05) is 0 Å². The summed E-state index contributed by atoms with van der Waals surface area (Å²) in [6, 6.07) is 19.3. The van der Waals surface area contributed by atoms with E-state index in [1.54, 1.807) is 0 Å². The number of aryl methyl sites for hydroxylation is 3. The minimum Gasteiger partial charge on any atom is -0.322 e. The van der Waals surface area contributed by atoms with Crippen LogP contribution < -0.4 is 5.56 Å². The summed E-state index contributed by atoms with van der Waals surface area (Å²) in [6.45, 7) is 5.60. The number of H-pyrrole nitrogens is 1. The summed E-state index contributed by atoms with van der Waals surface area (Å²) in [6.07, 6.45) is 8.89. The Morgan fingerprint density at radius 1 is 1.08 bits per heavy atom. The van der Waals surface area contributed by atoms with Crippen molar-refractivity contribution in [3.8, 4) is 0 Å². The van der Waals surface area contributed by atoms with Gasteiger partial charge in [0.25, 0.3) is 5.56 Å². The third-order valence-electron chi connectivity index (χ3n) is 7.75. The molecule has 0 bridgehead atoms. The average Bonchev–Trinajstić information content (AvgIpc) is 3.39. The van der Waals surface area contributed by atoms with Crippen LogP contribution in [0, 0.1) is 6.92 Å². The SMILES string of the molecule is CCCC(c1nnnn1CCc1ccccc1)N(Cc1cc2ccc(C)cc2[nH]c1=O)C1CCCCC1. The molecule has 0 spiro atoms. The molecular weight excluding hydrogens is 460 g/mol. The summed E-state index contributed by atoms with van der Waals surface area (Å²) < 4.78 is 1.98. The van der Waals surface area contributed by atoms with Crippen LogP contribution in [0.5, 0.6) is 0 Å². The number of tetrazole rings is 1. The van der Waals surface area contributed by atoms with Gasteiger partial charge in [-0.05, 0) is 71.7 Å². The molecule has 2 aromatic carbocycles. The van der Waals surface area contributed by atoms with Crippen LogP contribution in [0.25, 0.3) is 10.9 Å². The van der Waals surface area contributed by atoms with E-state index >= 15 is 0 Å². The van der Waals surface area contributed by atoms with Crippen molar-refractivity contribution < 1.29 is 0 Å². The maximum absolute atomic E-state index is 13.2. The van der Waals surface area contributed by atoms with E-state index in [9.17, 15) is 4.79 Å². The van der Waals surface area contributed by atoms with Crippen molar-refractivity contribution in [1.82, 2.24) is 30.1 Å². The monoisotopic (exact) mass is 498 g/mol. The van der Waals surface area contributed by atoms with Gasteiger partial charge in [0.1, 0.15) is 0 Å². The van der Waals surface area contributed by atoms with E-state index in [1.807, 2.05) is 23.7 Å². The van der Waals surface area contributed by atoms with E-state index < -0.39 is 0 Å². The van der Waals surface area contributed by atoms with Crippen LogP contribution in [0.15, 0.2) is 59.4 Å². The first kappa shape index (κ1) is 25.3. The van der Waals surface area contributed by atoms with Crippen LogP contribution in [0.4, 0.5) is 0 Å². The van der Waals surface area contributed by atoms with Crippen molar-refractivity contribution in [2.24, 2.45) is 0 Å². The van der Waals surface area contributed by atoms with Gasteiger partial charge in [-0.25, -0.2) is 4.68 Å².